The van der Waals surface area contributed by atoms with Crippen molar-refractivity contribution in [2.75, 3.05) is 0 Å². The highest BCUT2D eigenvalue weighted by atomic mass is 28.4. The normalized spacial score (nSPS) is 13.4. The minimum Gasteiger partial charge on any atom is -0.541 e. The van der Waals surface area contributed by atoms with Gasteiger partial charge in [0.15, 0.2) is 0 Å². The van der Waals surface area contributed by atoms with Crippen molar-refractivity contribution in [2.24, 2.45) is 0 Å². The monoisotopic (exact) mass is 410 g/mol. The first-order valence-electron chi connectivity index (χ1n) is 9.69. The van der Waals surface area contributed by atoms with Crippen LogP contribution in [-0.2, 0) is 11.2 Å². The van der Waals surface area contributed by atoms with Crippen molar-refractivity contribution in [3.05, 3.63) is 23.8 Å². The molecule has 0 heterocycles. The Labute approximate surface area is 167 Å². The molecule has 0 bridgehead atoms. The van der Waals surface area contributed by atoms with Crippen LogP contribution in [0.15, 0.2) is 18.2 Å². The number of hydrogen-bond acceptors (Lipinski definition) is 3. The van der Waals surface area contributed by atoms with Gasteiger partial charge in [-0.15, -0.1) is 0 Å². The van der Waals surface area contributed by atoms with E-state index in [1.807, 2.05) is 18.2 Å². The summed E-state index contributed by atoms with van der Waals surface area (Å²) in [5, 5.41) is 9.14. The summed E-state index contributed by atoms with van der Waals surface area (Å²) in [5.74, 6) is 0.753. The van der Waals surface area contributed by atoms with Gasteiger partial charge in [0.25, 0.3) is 16.6 Å². The highest BCUT2D eigenvalue weighted by molar-refractivity contribution is 6.75. The van der Waals surface area contributed by atoms with Crippen LogP contribution in [0.5, 0.6) is 11.5 Å². The second-order valence-electron chi connectivity index (χ2n) is 10.4. The molecule has 1 N–H and O–H groups in total. The fourth-order valence-corrected chi connectivity index (χ4v) is 4.02. The summed E-state index contributed by atoms with van der Waals surface area (Å²) >= 11 is 0. The number of aliphatic carboxylic acids is 1. The number of aryl methyl sites for hydroxylation is 1. The van der Waals surface area contributed by atoms with Crippen molar-refractivity contribution in [2.45, 2.75) is 90.6 Å². The van der Waals surface area contributed by atoms with E-state index in [-0.39, 0.29) is 16.5 Å². The largest absolute Gasteiger partial charge is 0.541 e. The van der Waals surface area contributed by atoms with Crippen molar-refractivity contribution in [1.82, 2.24) is 0 Å². The van der Waals surface area contributed by atoms with Gasteiger partial charge in [-0.3, -0.25) is 4.79 Å². The van der Waals surface area contributed by atoms with Gasteiger partial charge in [0.05, 0.1) is 0 Å². The van der Waals surface area contributed by atoms with Crippen LogP contribution < -0.4 is 8.85 Å². The van der Waals surface area contributed by atoms with Crippen LogP contribution in [0.4, 0.5) is 0 Å². The molecule has 0 aromatic heterocycles. The summed E-state index contributed by atoms with van der Waals surface area (Å²) in [7, 11) is -4.06. The first-order valence-corrected chi connectivity index (χ1v) is 15.5. The molecule has 6 heteroatoms. The molecule has 4 nitrogen and oxygen atoms in total. The van der Waals surface area contributed by atoms with Gasteiger partial charge in [-0.1, -0.05) is 47.6 Å². The molecule has 0 spiro atoms. The van der Waals surface area contributed by atoms with Crippen LogP contribution in [-0.4, -0.2) is 27.7 Å². The molecule has 0 amide bonds. The second-order valence-corrected chi connectivity index (χ2v) is 19.8. The van der Waals surface area contributed by atoms with Gasteiger partial charge in [0, 0.05) is 6.42 Å². The zero-order valence-corrected chi connectivity index (χ0v) is 20.8. The molecule has 0 atom stereocenters. The summed E-state index contributed by atoms with van der Waals surface area (Å²) in [6, 6.07) is 5.90. The minimum absolute atomic E-state index is 0.0678. The van der Waals surface area contributed by atoms with Gasteiger partial charge in [-0.25, -0.2) is 0 Å². The van der Waals surface area contributed by atoms with Crippen molar-refractivity contribution in [1.29, 1.82) is 0 Å². The molecule has 154 valence electrons. The molecule has 0 aliphatic heterocycles. The Morgan fingerprint density at radius 1 is 0.889 bits per heavy atom. The molecule has 0 aliphatic carbocycles. The number of benzene rings is 1. The Morgan fingerprint density at radius 2 is 1.33 bits per heavy atom. The predicted octanol–water partition coefficient (Wildman–Crippen LogP) is 6.47. The Morgan fingerprint density at radius 3 is 1.74 bits per heavy atom. The van der Waals surface area contributed by atoms with E-state index in [1.54, 1.807) is 0 Å². The molecule has 0 unspecified atom stereocenters. The number of rotatable bonds is 7. The molecule has 1 aromatic rings. The zero-order chi connectivity index (χ0) is 21.3. The maximum atomic E-state index is 10.9. The van der Waals surface area contributed by atoms with E-state index in [1.165, 1.54) is 0 Å². The van der Waals surface area contributed by atoms with Crippen molar-refractivity contribution in [3.63, 3.8) is 0 Å². The highest BCUT2D eigenvalue weighted by Gasteiger charge is 2.42. The molecular weight excluding hydrogens is 372 g/mol. The van der Waals surface area contributed by atoms with E-state index >= 15 is 0 Å². The second kappa shape index (κ2) is 7.99. The molecule has 0 radical (unpaired) electrons. The van der Waals surface area contributed by atoms with Gasteiger partial charge in [0.1, 0.15) is 11.5 Å². The fourth-order valence-electron chi connectivity index (χ4n) is 1.98. The standard InChI is InChI=1S/C21H38O4Si2/c1-20(2,3)26(7,8)24-17-13-11-16(12-14-19(22)23)15-18(17)25-27(9,10)21(4,5)6/h11,13,15H,12,14H2,1-10H3,(H,22,23). The smallest absolute Gasteiger partial charge is 0.303 e. The lowest BCUT2D eigenvalue weighted by Crippen LogP contribution is -2.45. The van der Waals surface area contributed by atoms with Gasteiger partial charge in [-0.05, 0) is 60.4 Å². The van der Waals surface area contributed by atoms with E-state index in [0.717, 1.165) is 17.1 Å². The maximum Gasteiger partial charge on any atom is 0.303 e. The van der Waals surface area contributed by atoms with Crippen LogP contribution in [0.3, 0.4) is 0 Å². The third kappa shape index (κ3) is 6.38. The van der Waals surface area contributed by atoms with Crippen LogP contribution in [0, 0.1) is 0 Å². The Balaban J connectivity index is 3.31. The lowest BCUT2D eigenvalue weighted by Gasteiger charge is -2.39. The molecule has 0 saturated heterocycles. The van der Waals surface area contributed by atoms with Crippen LogP contribution >= 0.6 is 0 Å². The summed E-state index contributed by atoms with van der Waals surface area (Å²) in [5.41, 5.74) is 0.966. The Hall–Kier alpha value is -1.28. The van der Waals surface area contributed by atoms with Gasteiger partial charge >= 0.3 is 5.97 Å². The molecule has 27 heavy (non-hydrogen) atoms. The average molecular weight is 411 g/mol. The minimum atomic E-state index is -2.05. The highest BCUT2D eigenvalue weighted by Crippen LogP contribution is 2.43. The van der Waals surface area contributed by atoms with E-state index in [0.29, 0.717) is 6.42 Å². The predicted molar refractivity (Wildman–Crippen MR) is 118 cm³/mol. The number of carboxylic acids is 1. The van der Waals surface area contributed by atoms with Gasteiger partial charge in [-0.2, -0.15) is 0 Å². The molecule has 1 aromatic carbocycles. The van der Waals surface area contributed by atoms with E-state index in [9.17, 15) is 4.79 Å². The van der Waals surface area contributed by atoms with E-state index in [4.69, 9.17) is 14.0 Å². The van der Waals surface area contributed by atoms with Crippen molar-refractivity contribution < 1.29 is 18.8 Å². The summed E-state index contributed by atoms with van der Waals surface area (Å²) in [6.45, 7) is 22.2. The third-order valence-corrected chi connectivity index (χ3v) is 14.7. The summed E-state index contributed by atoms with van der Waals surface area (Å²) in [4.78, 5) is 10.9. The Kier molecular flexibility index (Phi) is 7.03. The van der Waals surface area contributed by atoms with Gasteiger partial charge in [0.2, 0.25) is 0 Å². The quantitative estimate of drug-likeness (QED) is 0.523. The molecule has 0 saturated carbocycles. The van der Waals surface area contributed by atoms with Gasteiger partial charge < -0.3 is 14.0 Å². The molecular formula is C21H38O4Si2. The zero-order valence-electron chi connectivity index (χ0n) is 18.8. The Bertz CT molecular complexity index is 668. The van der Waals surface area contributed by atoms with Crippen molar-refractivity contribution in [3.8, 4) is 11.5 Å². The van der Waals surface area contributed by atoms with Crippen LogP contribution in [0.2, 0.25) is 36.3 Å². The number of carboxylic acid groups (broad SMARTS) is 1. The molecule has 0 fully saturated rings. The first-order chi connectivity index (χ1) is 12.0. The fraction of sp³-hybridized carbons (Fsp3) is 0.667. The summed E-state index contributed by atoms with van der Waals surface area (Å²) < 4.78 is 13.1. The van der Waals surface area contributed by atoms with E-state index in [2.05, 4.69) is 67.7 Å². The molecule has 0 aliphatic rings. The van der Waals surface area contributed by atoms with Crippen LogP contribution in [0.1, 0.15) is 53.5 Å². The summed E-state index contributed by atoms with van der Waals surface area (Å²) in [6.07, 6.45) is 0.603. The lowest BCUT2D eigenvalue weighted by molar-refractivity contribution is -0.136. The number of carbonyl (C=O) groups is 1. The number of hydrogen-bond donors (Lipinski definition) is 1. The van der Waals surface area contributed by atoms with Crippen molar-refractivity contribution >= 4 is 22.6 Å². The molecule has 1 rings (SSSR count). The van der Waals surface area contributed by atoms with Crippen LogP contribution in [0.25, 0.3) is 0 Å². The lowest BCUT2D eigenvalue weighted by atomic mass is 10.1. The third-order valence-electron chi connectivity index (χ3n) is 5.98. The SMILES string of the molecule is CC(C)(C)[Si](C)(C)Oc1ccc(CCC(=O)O)cc1O[Si](C)(C)C(C)(C)C. The first kappa shape index (κ1) is 23.8. The topological polar surface area (TPSA) is 55.8 Å². The average Bonchev–Trinajstić information content (AvgIpc) is 2.44. The maximum absolute atomic E-state index is 10.9. The van der Waals surface area contributed by atoms with E-state index < -0.39 is 22.6 Å².